The van der Waals surface area contributed by atoms with E-state index in [0.29, 0.717) is 0 Å². The van der Waals surface area contributed by atoms with Crippen LogP contribution in [0.15, 0.2) is 345 Å². The van der Waals surface area contributed by atoms with Crippen LogP contribution in [0.5, 0.6) is 0 Å². The fourth-order valence-corrected chi connectivity index (χ4v) is 16.3. The van der Waals surface area contributed by atoms with Crippen molar-refractivity contribution in [1.29, 1.82) is 0 Å². The molecule has 0 aliphatic carbocycles. The van der Waals surface area contributed by atoms with Gasteiger partial charge < -0.3 is 32.4 Å². The SMILES string of the molecule is c1ccc(N(c2ccccc2)c2cc3c4c(c2)N(c2ccc(-c5cccc6oc7ccccc7c56)cc2)c2ccc(-c5cccc6oc7ccccc7c56)cc2B4c2cc(-c4cccc5oc6ccccc6c45)ccc2N3c2ccc(-c3cccc4oc5ccccc5c34)cc2)cc1. The maximum atomic E-state index is 6.63. The Labute approximate surface area is 563 Å². The van der Waals surface area contributed by atoms with E-state index in [0.717, 1.165) is 183 Å². The van der Waals surface area contributed by atoms with Gasteiger partial charge in [-0.1, -0.05) is 206 Å². The molecule has 8 heteroatoms. The summed E-state index contributed by atoms with van der Waals surface area (Å²) in [6.45, 7) is -0.286. The van der Waals surface area contributed by atoms with Gasteiger partial charge in [-0.3, -0.25) is 0 Å². The Hall–Kier alpha value is -13.0. The average molecular weight is 1250 g/mol. The summed E-state index contributed by atoms with van der Waals surface area (Å²) in [7, 11) is 0. The second-order valence-corrected chi connectivity index (χ2v) is 25.8. The largest absolute Gasteiger partial charge is 0.456 e. The highest BCUT2D eigenvalue weighted by Crippen LogP contribution is 2.51. The van der Waals surface area contributed by atoms with Gasteiger partial charge in [0.05, 0.1) is 5.69 Å². The molecular weight excluding hydrogens is 1200 g/mol. The molecular formula is C90H54BN3O4. The molecule has 456 valence electrons. The first-order chi connectivity index (χ1) is 48.6. The summed E-state index contributed by atoms with van der Waals surface area (Å²) in [5.41, 5.74) is 28.7. The molecule has 6 heterocycles. The Kier molecular flexibility index (Phi) is 11.8. The molecule has 0 saturated carbocycles. The molecule has 2 aliphatic heterocycles. The predicted octanol–water partition coefficient (Wildman–Crippen LogP) is 23.5. The Bertz CT molecular complexity index is 6080. The minimum absolute atomic E-state index is 0.286. The van der Waals surface area contributed by atoms with Crippen molar-refractivity contribution >= 4 is 162 Å². The van der Waals surface area contributed by atoms with E-state index in [2.05, 4.69) is 330 Å². The van der Waals surface area contributed by atoms with Crippen LogP contribution in [0.3, 0.4) is 0 Å². The van der Waals surface area contributed by atoms with Gasteiger partial charge in [-0.25, -0.2) is 0 Å². The fraction of sp³-hybridized carbons (Fsp3) is 0. The predicted molar refractivity (Wildman–Crippen MR) is 406 cm³/mol. The molecule has 15 aromatic carbocycles. The number of benzene rings is 15. The van der Waals surface area contributed by atoms with E-state index in [1.165, 1.54) is 16.4 Å². The lowest BCUT2D eigenvalue weighted by molar-refractivity contribution is 0.668. The van der Waals surface area contributed by atoms with Gasteiger partial charge in [0.2, 0.25) is 0 Å². The van der Waals surface area contributed by atoms with Gasteiger partial charge >= 0.3 is 0 Å². The molecule has 0 saturated heterocycles. The van der Waals surface area contributed by atoms with Gasteiger partial charge in [0.15, 0.2) is 0 Å². The van der Waals surface area contributed by atoms with E-state index in [1.54, 1.807) is 0 Å². The molecule has 21 rings (SSSR count). The lowest BCUT2D eigenvalue weighted by Crippen LogP contribution is -2.61. The normalized spacial score (nSPS) is 12.6. The molecule has 0 atom stereocenters. The summed E-state index contributed by atoms with van der Waals surface area (Å²) in [6, 6.07) is 118. The number of para-hydroxylation sites is 6. The first-order valence-corrected chi connectivity index (χ1v) is 33.4. The zero-order valence-corrected chi connectivity index (χ0v) is 52.7. The molecule has 0 fully saturated rings. The van der Waals surface area contributed by atoms with Gasteiger partial charge in [0, 0.05) is 88.6 Å². The van der Waals surface area contributed by atoms with Crippen LogP contribution in [-0.2, 0) is 0 Å². The second kappa shape index (κ2) is 21.2. The van der Waals surface area contributed by atoms with Gasteiger partial charge in [-0.05, 0) is 182 Å². The van der Waals surface area contributed by atoms with Crippen LogP contribution >= 0.6 is 0 Å². The number of anilines is 9. The summed E-state index contributed by atoms with van der Waals surface area (Å²) >= 11 is 0. The van der Waals surface area contributed by atoms with Crippen LogP contribution < -0.4 is 31.1 Å². The quantitative estimate of drug-likeness (QED) is 0.133. The molecule has 2 aliphatic rings. The van der Waals surface area contributed by atoms with E-state index < -0.39 is 0 Å². The van der Waals surface area contributed by atoms with E-state index >= 15 is 0 Å². The molecule has 98 heavy (non-hydrogen) atoms. The number of fused-ring (bicyclic) bond motifs is 16. The molecule has 0 radical (unpaired) electrons. The van der Waals surface area contributed by atoms with Crippen LogP contribution in [0.4, 0.5) is 51.2 Å². The Morgan fingerprint density at radius 1 is 0.235 bits per heavy atom. The Morgan fingerprint density at radius 2 is 0.541 bits per heavy atom. The third-order valence-corrected chi connectivity index (χ3v) is 20.4. The van der Waals surface area contributed by atoms with Crippen molar-refractivity contribution < 1.29 is 17.7 Å². The zero-order chi connectivity index (χ0) is 64.1. The Morgan fingerprint density at radius 3 is 0.898 bits per heavy atom. The lowest BCUT2D eigenvalue weighted by atomic mass is 9.33. The number of rotatable bonds is 9. The molecule has 19 aromatic rings. The van der Waals surface area contributed by atoms with Crippen LogP contribution in [0, 0.1) is 0 Å². The maximum Gasteiger partial charge on any atom is 0.252 e. The van der Waals surface area contributed by atoms with Crippen LogP contribution in [0.2, 0.25) is 0 Å². The number of hydrogen-bond acceptors (Lipinski definition) is 7. The molecule has 0 bridgehead atoms. The maximum absolute atomic E-state index is 6.63. The number of furan rings is 4. The summed E-state index contributed by atoms with van der Waals surface area (Å²) in [5.74, 6) is 0. The van der Waals surface area contributed by atoms with E-state index in [-0.39, 0.29) is 6.71 Å². The van der Waals surface area contributed by atoms with Crippen molar-refractivity contribution in [3.05, 3.63) is 328 Å². The summed E-state index contributed by atoms with van der Waals surface area (Å²) in [6.07, 6.45) is 0. The van der Waals surface area contributed by atoms with Crippen molar-refractivity contribution in [1.82, 2.24) is 0 Å². The third kappa shape index (κ3) is 8.18. The van der Waals surface area contributed by atoms with E-state index in [1.807, 2.05) is 12.1 Å². The summed E-state index contributed by atoms with van der Waals surface area (Å²) in [5, 5.41) is 8.77. The third-order valence-electron chi connectivity index (χ3n) is 20.4. The molecule has 0 N–H and O–H groups in total. The minimum atomic E-state index is -0.286. The summed E-state index contributed by atoms with van der Waals surface area (Å²) in [4.78, 5) is 7.47. The topological polar surface area (TPSA) is 62.3 Å². The highest BCUT2D eigenvalue weighted by molar-refractivity contribution is 7.00. The highest BCUT2D eigenvalue weighted by Gasteiger charge is 2.45. The Balaban J connectivity index is 0.855. The van der Waals surface area contributed by atoms with Crippen molar-refractivity contribution in [2.24, 2.45) is 0 Å². The van der Waals surface area contributed by atoms with E-state index in [9.17, 15) is 0 Å². The first kappa shape index (κ1) is 54.4. The standard InChI is InChI=1S/C90H54BN3O4/c1-3-19-59(20-4-1)92(60-21-5-2-6-22-60)63-53-76-90-77(54-63)94(62-47-41-56(42-48-62)65-28-16-36-83-87(65)69-24-8-12-32-79(69)96-83)75-50-44-58(67-30-18-38-85-89(67)71-26-10-14-34-81(71)98-85)52-73(75)91(90)72-51-57(66-29-17-37-84-88(66)70-25-9-13-33-80(70)97-84)43-49-74(72)93(76)61-45-39-55(40-46-61)64-27-15-35-82-86(64)68-23-7-11-31-78(68)95-82/h1-54H. The fourth-order valence-electron chi connectivity index (χ4n) is 16.3. The number of hydrogen-bond donors (Lipinski definition) is 0. The van der Waals surface area contributed by atoms with Crippen LogP contribution in [0.1, 0.15) is 0 Å². The molecule has 0 amide bonds. The van der Waals surface area contributed by atoms with Crippen LogP contribution in [0.25, 0.3) is 132 Å². The lowest BCUT2D eigenvalue weighted by Gasteiger charge is -2.45. The monoisotopic (exact) mass is 1250 g/mol. The van der Waals surface area contributed by atoms with Crippen molar-refractivity contribution in [3.8, 4) is 44.5 Å². The van der Waals surface area contributed by atoms with Gasteiger partial charge in [0.1, 0.15) is 44.7 Å². The van der Waals surface area contributed by atoms with Gasteiger partial charge in [0.25, 0.3) is 6.71 Å². The van der Waals surface area contributed by atoms with E-state index in [4.69, 9.17) is 17.7 Å². The van der Waals surface area contributed by atoms with Crippen molar-refractivity contribution in [2.45, 2.75) is 0 Å². The highest BCUT2D eigenvalue weighted by atomic mass is 16.3. The van der Waals surface area contributed by atoms with Crippen LogP contribution in [-0.4, -0.2) is 6.71 Å². The minimum Gasteiger partial charge on any atom is -0.456 e. The smallest absolute Gasteiger partial charge is 0.252 e. The average Bonchev–Trinajstić information content (AvgIpc) is 0.976. The number of nitrogens with zero attached hydrogens (tertiary/aromatic N) is 3. The molecule has 4 aromatic heterocycles. The zero-order valence-electron chi connectivity index (χ0n) is 52.7. The molecule has 7 nitrogen and oxygen atoms in total. The molecule has 0 spiro atoms. The molecule has 0 unspecified atom stereocenters. The second-order valence-electron chi connectivity index (χ2n) is 25.8. The van der Waals surface area contributed by atoms with Gasteiger partial charge in [-0.2, -0.15) is 0 Å². The van der Waals surface area contributed by atoms with Gasteiger partial charge in [-0.15, -0.1) is 0 Å². The van der Waals surface area contributed by atoms with Crippen molar-refractivity contribution in [3.63, 3.8) is 0 Å². The summed E-state index contributed by atoms with van der Waals surface area (Å²) < 4.78 is 26.2. The van der Waals surface area contributed by atoms with Crippen molar-refractivity contribution in [2.75, 3.05) is 14.7 Å². The first-order valence-electron chi connectivity index (χ1n) is 33.4.